The molecule has 1 rings (SSSR count). The number of nitrogens with zero attached hydrogens (tertiary/aromatic N) is 2. The molecule has 0 aromatic carbocycles. The number of aromatic nitrogens is 1. The second-order valence-corrected chi connectivity index (χ2v) is 5.97. The number of alkyl carbamates (subject to hydrolysis) is 1. The summed E-state index contributed by atoms with van der Waals surface area (Å²) in [5, 5.41) is 2.78. The van der Waals surface area contributed by atoms with Gasteiger partial charge in [0, 0.05) is 25.3 Å². The standard InChI is InChI=1S/C15H25N3O2/c1-12(10-17-14(19)20-15(2,3)4)18(5)11-13-8-6-7-9-16-13/h6-9,12H,10-11H2,1-5H3,(H,17,19)/t12-/m1/s1. The summed E-state index contributed by atoms with van der Waals surface area (Å²) >= 11 is 0. The molecule has 0 saturated carbocycles. The fraction of sp³-hybridized carbons (Fsp3) is 0.600. The molecule has 1 aromatic heterocycles. The lowest BCUT2D eigenvalue weighted by Crippen LogP contribution is -2.41. The van der Waals surface area contributed by atoms with Crippen LogP contribution in [0.25, 0.3) is 0 Å². The van der Waals surface area contributed by atoms with E-state index in [2.05, 4.69) is 22.1 Å². The Balaban J connectivity index is 2.35. The lowest BCUT2D eigenvalue weighted by atomic mass is 10.2. The Labute approximate surface area is 121 Å². The van der Waals surface area contributed by atoms with E-state index >= 15 is 0 Å². The first kappa shape index (κ1) is 16.4. The fourth-order valence-corrected chi connectivity index (χ4v) is 1.60. The van der Waals surface area contributed by atoms with Crippen molar-refractivity contribution in [2.75, 3.05) is 13.6 Å². The topological polar surface area (TPSA) is 54.5 Å². The van der Waals surface area contributed by atoms with Crippen molar-refractivity contribution in [3.63, 3.8) is 0 Å². The van der Waals surface area contributed by atoms with E-state index in [1.54, 1.807) is 6.20 Å². The number of hydrogen-bond acceptors (Lipinski definition) is 4. The SMILES string of the molecule is C[C@H](CNC(=O)OC(C)(C)C)N(C)Cc1ccccn1. The lowest BCUT2D eigenvalue weighted by molar-refractivity contribution is 0.0512. The van der Waals surface area contributed by atoms with Crippen LogP contribution in [0.1, 0.15) is 33.4 Å². The highest BCUT2D eigenvalue weighted by Crippen LogP contribution is 2.07. The largest absolute Gasteiger partial charge is 0.444 e. The van der Waals surface area contributed by atoms with E-state index in [9.17, 15) is 4.79 Å². The van der Waals surface area contributed by atoms with Crippen molar-refractivity contribution >= 4 is 6.09 Å². The Kier molecular flexibility index (Phi) is 5.95. The minimum absolute atomic E-state index is 0.199. The number of rotatable bonds is 5. The minimum atomic E-state index is -0.465. The number of carbonyl (C=O) groups excluding carboxylic acids is 1. The van der Waals surface area contributed by atoms with Crippen LogP contribution in [-0.2, 0) is 11.3 Å². The van der Waals surface area contributed by atoms with Gasteiger partial charge >= 0.3 is 6.09 Å². The molecule has 0 saturated heterocycles. The highest BCUT2D eigenvalue weighted by atomic mass is 16.6. The number of nitrogens with one attached hydrogen (secondary N) is 1. The maximum absolute atomic E-state index is 11.6. The number of carbonyl (C=O) groups is 1. The van der Waals surface area contributed by atoms with Gasteiger partial charge < -0.3 is 10.1 Å². The maximum Gasteiger partial charge on any atom is 0.407 e. The normalized spacial score (nSPS) is 13.1. The Hall–Kier alpha value is -1.62. The van der Waals surface area contributed by atoms with E-state index < -0.39 is 5.60 Å². The summed E-state index contributed by atoms with van der Waals surface area (Å²) in [6, 6.07) is 6.06. The van der Waals surface area contributed by atoms with Gasteiger partial charge in [0.2, 0.25) is 0 Å². The van der Waals surface area contributed by atoms with Crippen LogP contribution in [0, 0.1) is 0 Å². The summed E-state index contributed by atoms with van der Waals surface area (Å²) in [5.41, 5.74) is 0.548. The molecule has 112 valence electrons. The van der Waals surface area contributed by atoms with Gasteiger partial charge in [0.05, 0.1) is 5.69 Å². The van der Waals surface area contributed by atoms with Crippen molar-refractivity contribution in [1.29, 1.82) is 0 Å². The third kappa shape index (κ3) is 6.52. The zero-order chi connectivity index (χ0) is 15.2. The van der Waals surface area contributed by atoms with Crippen LogP contribution in [0.15, 0.2) is 24.4 Å². The Morgan fingerprint density at radius 2 is 2.15 bits per heavy atom. The summed E-state index contributed by atoms with van der Waals surface area (Å²) in [6.07, 6.45) is 1.41. The van der Waals surface area contributed by atoms with Gasteiger partial charge in [-0.25, -0.2) is 4.79 Å². The van der Waals surface area contributed by atoms with Crippen LogP contribution in [-0.4, -0.2) is 41.2 Å². The maximum atomic E-state index is 11.6. The molecule has 5 heteroatoms. The van der Waals surface area contributed by atoms with Crippen molar-refractivity contribution in [1.82, 2.24) is 15.2 Å². The fourth-order valence-electron chi connectivity index (χ4n) is 1.60. The molecule has 0 aliphatic carbocycles. The Bertz CT molecular complexity index is 415. The molecule has 0 unspecified atom stereocenters. The average molecular weight is 279 g/mol. The Morgan fingerprint density at radius 3 is 2.70 bits per heavy atom. The van der Waals surface area contributed by atoms with E-state index in [4.69, 9.17) is 4.74 Å². The van der Waals surface area contributed by atoms with Crippen molar-refractivity contribution in [3.8, 4) is 0 Å². The number of hydrogen-bond donors (Lipinski definition) is 1. The van der Waals surface area contributed by atoms with E-state index in [0.29, 0.717) is 6.54 Å². The van der Waals surface area contributed by atoms with Crippen molar-refractivity contribution in [3.05, 3.63) is 30.1 Å². The molecule has 0 bridgehead atoms. The molecule has 0 aliphatic heterocycles. The molecule has 1 amide bonds. The second-order valence-electron chi connectivity index (χ2n) is 5.97. The first-order valence-corrected chi connectivity index (χ1v) is 6.85. The third-order valence-electron chi connectivity index (χ3n) is 2.83. The lowest BCUT2D eigenvalue weighted by Gasteiger charge is -2.25. The van der Waals surface area contributed by atoms with E-state index in [1.807, 2.05) is 46.0 Å². The van der Waals surface area contributed by atoms with Crippen molar-refractivity contribution in [2.24, 2.45) is 0 Å². The van der Waals surface area contributed by atoms with Gasteiger partial charge in [-0.15, -0.1) is 0 Å². The summed E-state index contributed by atoms with van der Waals surface area (Å²) < 4.78 is 5.21. The molecule has 1 heterocycles. The first-order chi connectivity index (χ1) is 9.28. The van der Waals surface area contributed by atoms with E-state index in [0.717, 1.165) is 12.2 Å². The van der Waals surface area contributed by atoms with Crippen LogP contribution >= 0.6 is 0 Å². The van der Waals surface area contributed by atoms with Crippen LogP contribution in [0.2, 0.25) is 0 Å². The monoisotopic (exact) mass is 279 g/mol. The second kappa shape index (κ2) is 7.24. The Morgan fingerprint density at radius 1 is 1.45 bits per heavy atom. The summed E-state index contributed by atoms with van der Waals surface area (Å²) in [7, 11) is 2.01. The highest BCUT2D eigenvalue weighted by molar-refractivity contribution is 5.67. The predicted molar refractivity (Wildman–Crippen MR) is 79.4 cm³/mol. The molecule has 1 aromatic rings. The smallest absolute Gasteiger partial charge is 0.407 e. The van der Waals surface area contributed by atoms with Gasteiger partial charge in [-0.05, 0) is 46.9 Å². The van der Waals surface area contributed by atoms with Gasteiger partial charge in [-0.1, -0.05) is 6.07 Å². The molecular weight excluding hydrogens is 254 g/mol. The molecule has 0 aliphatic rings. The van der Waals surface area contributed by atoms with Crippen LogP contribution in [0.4, 0.5) is 4.79 Å². The molecule has 0 fully saturated rings. The molecule has 20 heavy (non-hydrogen) atoms. The first-order valence-electron chi connectivity index (χ1n) is 6.85. The molecular formula is C15H25N3O2. The third-order valence-corrected chi connectivity index (χ3v) is 2.83. The van der Waals surface area contributed by atoms with Gasteiger partial charge in [0.25, 0.3) is 0 Å². The van der Waals surface area contributed by atoms with Crippen LogP contribution in [0.3, 0.4) is 0 Å². The number of ether oxygens (including phenoxy) is 1. The highest BCUT2D eigenvalue weighted by Gasteiger charge is 2.17. The average Bonchev–Trinajstić information content (AvgIpc) is 2.35. The minimum Gasteiger partial charge on any atom is -0.444 e. The zero-order valence-corrected chi connectivity index (χ0v) is 13.0. The zero-order valence-electron chi connectivity index (χ0n) is 13.0. The molecule has 0 spiro atoms. The van der Waals surface area contributed by atoms with Gasteiger partial charge in [-0.2, -0.15) is 0 Å². The quantitative estimate of drug-likeness (QED) is 0.899. The van der Waals surface area contributed by atoms with Crippen LogP contribution in [0.5, 0.6) is 0 Å². The molecule has 0 radical (unpaired) electrons. The number of pyridine rings is 1. The summed E-state index contributed by atoms with van der Waals surface area (Å²) in [4.78, 5) is 18.0. The van der Waals surface area contributed by atoms with Gasteiger partial charge in [0.15, 0.2) is 0 Å². The van der Waals surface area contributed by atoms with Crippen LogP contribution < -0.4 is 5.32 Å². The van der Waals surface area contributed by atoms with Crippen molar-refractivity contribution < 1.29 is 9.53 Å². The molecule has 1 N–H and O–H groups in total. The van der Waals surface area contributed by atoms with Crippen molar-refractivity contribution in [2.45, 2.75) is 45.9 Å². The van der Waals surface area contributed by atoms with Gasteiger partial charge in [-0.3, -0.25) is 9.88 Å². The predicted octanol–water partition coefficient (Wildman–Crippen LogP) is 2.43. The summed E-state index contributed by atoms with van der Waals surface area (Å²) in [5.74, 6) is 0. The molecule has 5 nitrogen and oxygen atoms in total. The molecule has 1 atom stereocenters. The van der Waals surface area contributed by atoms with E-state index in [-0.39, 0.29) is 12.1 Å². The van der Waals surface area contributed by atoms with E-state index in [1.165, 1.54) is 0 Å². The number of amides is 1. The number of likely N-dealkylation sites (N-methyl/N-ethyl adjacent to an activating group) is 1. The summed E-state index contributed by atoms with van der Waals surface area (Å²) in [6.45, 7) is 8.90. The van der Waals surface area contributed by atoms with Gasteiger partial charge in [0.1, 0.15) is 5.60 Å².